The monoisotopic (exact) mass is 317 g/mol. The Morgan fingerprint density at radius 2 is 1.86 bits per heavy atom. The molecule has 22 heavy (non-hydrogen) atoms. The Hall–Kier alpha value is -1.61. The first-order valence-electron chi connectivity index (χ1n) is 7.93. The Morgan fingerprint density at radius 1 is 1.09 bits per heavy atom. The maximum absolute atomic E-state index is 12.9. The van der Waals surface area contributed by atoms with Gasteiger partial charge in [-0.2, -0.15) is 0 Å². The van der Waals surface area contributed by atoms with Crippen LogP contribution in [0, 0.1) is 5.41 Å². The van der Waals surface area contributed by atoms with E-state index in [1.54, 1.807) is 24.3 Å². The molecule has 0 aliphatic heterocycles. The molecule has 0 spiro atoms. The van der Waals surface area contributed by atoms with Gasteiger partial charge in [-0.15, -0.1) is 0 Å². The number of ketones is 1. The van der Waals surface area contributed by atoms with Gasteiger partial charge in [-0.3, -0.25) is 9.59 Å². The summed E-state index contributed by atoms with van der Waals surface area (Å²) in [5.74, 6) is -0.114. The van der Waals surface area contributed by atoms with E-state index in [-0.39, 0.29) is 11.7 Å². The lowest BCUT2D eigenvalue weighted by atomic mass is 9.67. The summed E-state index contributed by atoms with van der Waals surface area (Å²) in [5.41, 5.74) is 0.677. The summed E-state index contributed by atoms with van der Waals surface area (Å²) in [4.78, 5) is 25.7. The van der Waals surface area contributed by atoms with Crippen LogP contribution in [0.25, 0.3) is 0 Å². The molecule has 1 unspecified atom stereocenters. The van der Waals surface area contributed by atoms with Gasteiger partial charge in [0.25, 0.3) is 0 Å². The van der Waals surface area contributed by atoms with Crippen LogP contribution in [0.4, 0.5) is 5.69 Å². The molecule has 0 saturated heterocycles. The van der Waals surface area contributed by atoms with E-state index in [1.165, 1.54) is 0 Å². The maximum atomic E-state index is 12.9. The highest BCUT2D eigenvalue weighted by Gasteiger charge is 2.47. The maximum Gasteiger partial charge on any atom is 0.238 e. The normalized spacial score (nSPS) is 25.0. The van der Waals surface area contributed by atoms with Crippen molar-refractivity contribution in [3.8, 4) is 0 Å². The molecule has 1 N–H and O–H groups in total. The Kier molecular flexibility index (Phi) is 4.34. The van der Waals surface area contributed by atoms with Crippen LogP contribution in [0.3, 0.4) is 0 Å². The SMILES string of the molecule is O=C(Nc1ccc(Cl)cc1)C12CCC=C(CCCCC1)C2=O. The number of hydrogen-bond donors (Lipinski definition) is 1. The smallest absolute Gasteiger partial charge is 0.238 e. The fourth-order valence-corrected chi connectivity index (χ4v) is 3.62. The van der Waals surface area contributed by atoms with Crippen molar-refractivity contribution in [3.63, 3.8) is 0 Å². The average Bonchev–Trinajstić information content (AvgIpc) is 2.52. The van der Waals surface area contributed by atoms with Gasteiger partial charge in [0.2, 0.25) is 5.91 Å². The van der Waals surface area contributed by atoms with Crippen LogP contribution in [0.5, 0.6) is 0 Å². The molecule has 1 fully saturated rings. The molecular weight excluding hydrogens is 298 g/mol. The van der Waals surface area contributed by atoms with Crippen molar-refractivity contribution in [1.82, 2.24) is 0 Å². The molecule has 3 nitrogen and oxygen atoms in total. The number of amides is 1. The van der Waals surface area contributed by atoms with E-state index < -0.39 is 5.41 Å². The first-order valence-corrected chi connectivity index (χ1v) is 8.30. The van der Waals surface area contributed by atoms with Crippen LogP contribution < -0.4 is 5.32 Å². The van der Waals surface area contributed by atoms with E-state index in [1.807, 2.05) is 6.08 Å². The molecule has 4 heteroatoms. The highest BCUT2D eigenvalue weighted by molar-refractivity contribution is 6.30. The van der Waals surface area contributed by atoms with Crippen molar-refractivity contribution in [2.75, 3.05) is 5.32 Å². The number of halogens is 1. The predicted octanol–water partition coefficient (Wildman–Crippen LogP) is 4.52. The van der Waals surface area contributed by atoms with Crippen LogP contribution >= 0.6 is 11.6 Å². The number of Topliss-reactive ketones (excluding diaryl/α,β-unsaturated/α-hetero) is 1. The van der Waals surface area contributed by atoms with E-state index in [0.717, 1.165) is 37.7 Å². The highest BCUT2D eigenvalue weighted by Crippen LogP contribution is 2.42. The predicted molar refractivity (Wildman–Crippen MR) is 87.9 cm³/mol. The van der Waals surface area contributed by atoms with Crippen LogP contribution in [-0.4, -0.2) is 11.7 Å². The second-order valence-electron chi connectivity index (χ2n) is 6.20. The molecule has 3 rings (SSSR count). The highest BCUT2D eigenvalue weighted by atomic mass is 35.5. The van der Waals surface area contributed by atoms with E-state index in [0.29, 0.717) is 23.6 Å². The van der Waals surface area contributed by atoms with Crippen LogP contribution in [0.2, 0.25) is 5.02 Å². The number of allylic oxidation sites excluding steroid dienone is 2. The molecule has 116 valence electrons. The third-order valence-electron chi connectivity index (χ3n) is 4.77. The summed E-state index contributed by atoms with van der Waals surface area (Å²) in [6.07, 6.45) is 8.00. The topological polar surface area (TPSA) is 46.2 Å². The third kappa shape index (κ3) is 2.82. The van der Waals surface area contributed by atoms with Gasteiger partial charge < -0.3 is 5.32 Å². The summed E-state index contributed by atoms with van der Waals surface area (Å²) in [5, 5.41) is 3.54. The van der Waals surface area contributed by atoms with Gasteiger partial charge in [0, 0.05) is 10.7 Å². The zero-order chi connectivity index (χ0) is 15.6. The zero-order valence-corrected chi connectivity index (χ0v) is 13.3. The summed E-state index contributed by atoms with van der Waals surface area (Å²) >= 11 is 5.87. The molecule has 1 atom stereocenters. The fourth-order valence-electron chi connectivity index (χ4n) is 3.49. The van der Waals surface area contributed by atoms with Crippen molar-refractivity contribution in [1.29, 1.82) is 0 Å². The minimum atomic E-state index is -0.871. The van der Waals surface area contributed by atoms with Gasteiger partial charge in [-0.05, 0) is 61.9 Å². The number of benzene rings is 1. The van der Waals surface area contributed by atoms with Crippen molar-refractivity contribution < 1.29 is 9.59 Å². The summed E-state index contributed by atoms with van der Waals surface area (Å²) in [6.45, 7) is 0. The Labute approximate surface area is 135 Å². The quantitative estimate of drug-likeness (QED) is 0.815. The minimum Gasteiger partial charge on any atom is -0.325 e. The molecule has 1 aromatic carbocycles. The number of hydrogen-bond acceptors (Lipinski definition) is 2. The second-order valence-corrected chi connectivity index (χ2v) is 6.64. The van der Waals surface area contributed by atoms with Crippen molar-refractivity contribution in [2.24, 2.45) is 5.41 Å². The van der Waals surface area contributed by atoms with Crippen LogP contribution in [0.1, 0.15) is 44.9 Å². The van der Waals surface area contributed by atoms with Crippen molar-refractivity contribution >= 4 is 29.0 Å². The van der Waals surface area contributed by atoms with Gasteiger partial charge in [0.15, 0.2) is 5.78 Å². The van der Waals surface area contributed by atoms with E-state index in [4.69, 9.17) is 11.6 Å². The Morgan fingerprint density at radius 3 is 2.64 bits per heavy atom. The Balaban J connectivity index is 1.86. The second kappa shape index (κ2) is 6.25. The molecule has 0 heterocycles. The first kappa shape index (κ1) is 15.3. The molecule has 0 aromatic heterocycles. The lowest BCUT2D eigenvalue weighted by Crippen LogP contribution is -2.46. The molecule has 2 bridgehead atoms. The number of anilines is 1. The van der Waals surface area contributed by atoms with Crippen molar-refractivity contribution in [3.05, 3.63) is 40.9 Å². The van der Waals surface area contributed by atoms with Gasteiger partial charge in [-0.25, -0.2) is 0 Å². The standard InChI is InChI=1S/C18H20ClNO2/c19-14-7-9-15(10-8-14)20-17(22)18-11-3-1-2-5-13(16(18)21)6-4-12-18/h6-10H,1-5,11-12H2,(H,20,22). The molecule has 2 aliphatic rings. The number of carbonyl (C=O) groups is 2. The van der Waals surface area contributed by atoms with Gasteiger partial charge in [-0.1, -0.05) is 30.5 Å². The first-order chi connectivity index (χ1) is 10.6. The van der Waals surface area contributed by atoms with Crippen LogP contribution in [-0.2, 0) is 9.59 Å². The summed E-state index contributed by atoms with van der Waals surface area (Å²) < 4.78 is 0. The number of carbonyl (C=O) groups excluding carboxylic acids is 2. The fraction of sp³-hybridized carbons (Fsp3) is 0.444. The van der Waals surface area contributed by atoms with Crippen molar-refractivity contribution in [2.45, 2.75) is 44.9 Å². The summed E-state index contributed by atoms with van der Waals surface area (Å²) in [6, 6.07) is 7.01. The van der Waals surface area contributed by atoms with Gasteiger partial charge >= 0.3 is 0 Å². The van der Waals surface area contributed by atoms with Gasteiger partial charge in [0.1, 0.15) is 5.41 Å². The largest absolute Gasteiger partial charge is 0.325 e. The molecular formula is C18H20ClNO2. The number of rotatable bonds is 2. The lowest BCUT2D eigenvalue weighted by molar-refractivity contribution is -0.138. The molecule has 1 amide bonds. The molecule has 1 saturated carbocycles. The molecule has 1 aromatic rings. The minimum absolute atomic E-state index is 0.0462. The summed E-state index contributed by atoms with van der Waals surface area (Å²) in [7, 11) is 0. The number of nitrogens with one attached hydrogen (secondary N) is 1. The number of fused-ring (bicyclic) bond motifs is 2. The Bertz CT molecular complexity index is 620. The lowest BCUT2D eigenvalue weighted by Gasteiger charge is -2.36. The van der Waals surface area contributed by atoms with E-state index in [9.17, 15) is 9.59 Å². The third-order valence-corrected chi connectivity index (χ3v) is 5.03. The zero-order valence-electron chi connectivity index (χ0n) is 12.5. The van der Waals surface area contributed by atoms with E-state index in [2.05, 4.69) is 5.32 Å². The average molecular weight is 318 g/mol. The molecule has 2 aliphatic carbocycles. The van der Waals surface area contributed by atoms with E-state index >= 15 is 0 Å². The van der Waals surface area contributed by atoms with Crippen LogP contribution in [0.15, 0.2) is 35.9 Å². The van der Waals surface area contributed by atoms with Gasteiger partial charge in [0.05, 0.1) is 0 Å². The molecule has 0 radical (unpaired) electrons.